The summed E-state index contributed by atoms with van der Waals surface area (Å²) in [6, 6.07) is 7.43. The largest absolute Gasteiger partial charge is 0.383 e. The van der Waals surface area contributed by atoms with E-state index in [4.69, 9.17) is 16.3 Å². The van der Waals surface area contributed by atoms with E-state index < -0.39 is 0 Å². The number of methoxy groups -OCH3 is 1. The van der Waals surface area contributed by atoms with Crippen LogP contribution in [0.4, 0.5) is 0 Å². The molecule has 4 nitrogen and oxygen atoms in total. The second-order valence-corrected chi connectivity index (χ2v) is 5.70. The van der Waals surface area contributed by atoms with Crippen molar-refractivity contribution in [1.29, 1.82) is 0 Å². The molecule has 0 bridgehead atoms. The van der Waals surface area contributed by atoms with Crippen LogP contribution in [-0.2, 0) is 16.0 Å². The van der Waals surface area contributed by atoms with Gasteiger partial charge in [-0.05, 0) is 31.0 Å². The van der Waals surface area contributed by atoms with E-state index in [-0.39, 0.29) is 11.4 Å². The zero-order chi connectivity index (χ0) is 14.4. The second-order valence-electron chi connectivity index (χ2n) is 5.29. The number of carbonyl (C=O) groups excluding carboxylic acids is 1. The summed E-state index contributed by atoms with van der Waals surface area (Å²) in [6.07, 6.45) is 2.44. The van der Waals surface area contributed by atoms with Crippen molar-refractivity contribution >= 4 is 17.5 Å². The summed E-state index contributed by atoms with van der Waals surface area (Å²) < 4.78 is 5.26. The Hall–Kier alpha value is -1.10. The summed E-state index contributed by atoms with van der Waals surface area (Å²) in [4.78, 5) is 12.0. The van der Waals surface area contributed by atoms with Crippen molar-refractivity contribution in [3.05, 3.63) is 34.9 Å². The predicted molar refractivity (Wildman–Crippen MR) is 80.0 cm³/mol. The summed E-state index contributed by atoms with van der Waals surface area (Å²) in [6.45, 7) is 2.17. The molecule has 20 heavy (non-hydrogen) atoms. The lowest BCUT2D eigenvalue weighted by Crippen LogP contribution is -2.53. The van der Waals surface area contributed by atoms with Gasteiger partial charge in [0.05, 0.1) is 18.6 Å². The monoisotopic (exact) mass is 296 g/mol. The van der Waals surface area contributed by atoms with Gasteiger partial charge in [0, 0.05) is 18.7 Å². The predicted octanol–water partition coefficient (Wildman–Crippen LogP) is 1.77. The fourth-order valence-electron chi connectivity index (χ4n) is 2.62. The molecule has 0 radical (unpaired) electrons. The number of carbonyl (C=O) groups is 1. The molecule has 110 valence electrons. The first-order valence-corrected chi connectivity index (χ1v) is 7.27. The number of hydrogen-bond donors (Lipinski definition) is 2. The lowest BCUT2D eigenvalue weighted by atomic mass is 9.98. The maximum Gasteiger partial charge on any atom is 0.224 e. The van der Waals surface area contributed by atoms with Gasteiger partial charge in [-0.25, -0.2) is 0 Å². The molecule has 1 aliphatic heterocycles. The lowest BCUT2D eigenvalue weighted by Gasteiger charge is -2.29. The molecule has 1 aliphatic rings. The molecule has 1 heterocycles. The molecule has 1 fully saturated rings. The van der Waals surface area contributed by atoms with Crippen LogP contribution in [0, 0.1) is 0 Å². The van der Waals surface area contributed by atoms with E-state index >= 15 is 0 Å². The van der Waals surface area contributed by atoms with Crippen LogP contribution in [0.2, 0.25) is 5.02 Å². The normalized spacial score (nSPS) is 21.9. The first-order valence-electron chi connectivity index (χ1n) is 6.89. The van der Waals surface area contributed by atoms with E-state index in [1.54, 1.807) is 13.2 Å². The first kappa shape index (κ1) is 15.3. The Morgan fingerprint density at radius 3 is 2.95 bits per heavy atom. The minimum Gasteiger partial charge on any atom is -0.383 e. The SMILES string of the molecule is COCC1(CNC(=O)Cc2ccccc2Cl)CCCN1. The van der Waals surface area contributed by atoms with Gasteiger partial charge in [0.1, 0.15) is 0 Å². The van der Waals surface area contributed by atoms with E-state index in [1.807, 2.05) is 18.2 Å². The van der Waals surface area contributed by atoms with E-state index in [2.05, 4.69) is 10.6 Å². The maximum atomic E-state index is 12.0. The minimum absolute atomic E-state index is 0.0118. The number of hydrogen-bond acceptors (Lipinski definition) is 3. The number of benzene rings is 1. The Kier molecular flexibility index (Phi) is 5.40. The average molecular weight is 297 g/mol. The fourth-order valence-corrected chi connectivity index (χ4v) is 2.82. The third-order valence-electron chi connectivity index (χ3n) is 3.69. The van der Waals surface area contributed by atoms with Gasteiger partial charge in [0.15, 0.2) is 0 Å². The summed E-state index contributed by atoms with van der Waals surface area (Å²) in [5.41, 5.74) is 0.733. The molecule has 1 aromatic carbocycles. The van der Waals surface area contributed by atoms with Crippen LogP contribution in [0.3, 0.4) is 0 Å². The molecule has 0 saturated carbocycles. The van der Waals surface area contributed by atoms with Crippen LogP contribution in [0.15, 0.2) is 24.3 Å². The summed E-state index contributed by atoms with van der Waals surface area (Å²) in [7, 11) is 1.69. The average Bonchev–Trinajstić information content (AvgIpc) is 2.89. The third-order valence-corrected chi connectivity index (χ3v) is 4.05. The zero-order valence-electron chi connectivity index (χ0n) is 11.7. The first-order chi connectivity index (χ1) is 9.65. The molecule has 5 heteroatoms. The van der Waals surface area contributed by atoms with Crippen molar-refractivity contribution in [2.75, 3.05) is 26.8 Å². The molecule has 1 amide bonds. The van der Waals surface area contributed by atoms with Crippen LogP contribution in [-0.4, -0.2) is 38.3 Å². The minimum atomic E-state index is -0.120. The smallest absolute Gasteiger partial charge is 0.224 e. The molecule has 1 unspecified atom stereocenters. The van der Waals surface area contributed by atoms with Crippen LogP contribution in [0.1, 0.15) is 18.4 Å². The maximum absolute atomic E-state index is 12.0. The standard InChI is InChI=1S/C15H21ClN2O2/c1-20-11-15(7-4-8-18-15)10-17-14(19)9-12-5-2-3-6-13(12)16/h2-3,5-6,18H,4,7-11H2,1H3,(H,17,19). The van der Waals surface area contributed by atoms with Gasteiger partial charge >= 0.3 is 0 Å². The van der Waals surface area contributed by atoms with E-state index in [9.17, 15) is 4.79 Å². The molecule has 0 spiro atoms. The topological polar surface area (TPSA) is 50.4 Å². The van der Waals surface area contributed by atoms with Crippen molar-refractivity contribution < 1.29 is 9.53 Å². The van der Waals surface area contributed by atoms with Crippen molar-refractivity contribution in [3.63, 3.8) is 0 Å². The molecule has 1 atom stereocenters. The van der Waals surface area contributed by atoms with E-state index in [1.165, 1.54) is 0 Å². The molecular formula is C15H21ClN2O2. The zero-order valence-corrected chi connectivity index (χ0v) is 12.5. The Labute approximate surface area is 124 Å². The summed E-state index contributed by atoms with van der Waals surface area (Å²) in [5, 5.41) is 7.05. The molecule has 1 aromatic rings. The third kappa shape index (κ3) is 3.95. The summed E-state index contributed by atoms with van der Waals surface area (Å²) >= 11 is 6.06. The highest BCUT2D eigenvalue weighted by molar-refractivity contribution is 6.31. The Bertz CT molecular complexity index is 459. The highest BCUT2D eigenvalue weighted by Gasteiger charge is 2.33. The lowest BCUT2D eigenvalue weighted by molar-refractivity contribution is -0.120. The van der Waals surface area contributed by atoms with Crippen molar-refractivity contribution in [1.82, 2.24) is 10.6 Å². The quantitative estimate of drug-likeness (QED) is 0.841. The molecular weight excluding hydrogens is 276 g/mol. The number of rotatable bonds is 6. The Morgan fingerprint density at radius 1 is 1.50 bits per heavy atom. The second kappa shape index (κ2) is 7.07. The van der Waals surface area contributed by atoms with Gasteiger partial charge in [-0.3, -0.25) is 4.79 Å². The van der Waals surface area contributed by atoms with Crippen LogP contribution in [0.5, 0.6) is 0 Å². The van der Waals surface area contributed by atoms with Gasteiger partial charge < -0.3 is 15.4 Å². The number of amides is 1. The Balaban J connectivity index is 1.87. The van der Waals surface area contributed by atoms with Crippen molar-refractivity contribution in [2.24, 2.45) is 0 Å². The highest BCUT2D eigenvalue weighted by atomic mass is 35.5. The van der Waals surface area contributed by atoms with E-state index in [0.29, 0.717) is 24.6 Å². The van der Waals surface area contributed by atoms with Gasteiger partial charge in [0.25, 0.3) is 0 Å². The van der Waals surface area contributed by atoms with Gasteiger partial charge in [0.2, 0.25) is 5.91 Å². The molecule has 2 rings (SSSR count). The number of nitrogens with one attached hydrogen (secondary N) is 2. The van der Waals surface area contributed by atoms with Gasteiger partial charge in [-0.1, -0.05) is 29.8 Å². The number of halogens is 1. The van der Waals surface area contributed by atoms with Crippen molar-refractivity contribution in [2.45, 2.75) is 24.8 Å². The van der Waals surface area contributed by atoms with Crippen LogP contribution >= 0.6 is 11.6 Å². The summed E-state index contributed by atoms with van der Waals surface area (Å²) in [5.74, 6) is -0.0118. The molecule has 0 aliphatic carbocycles. The fraction of sp³-hybridized carbons (Fsp3) is 0.533. The van der Waals surface area contributed by atoms with Crippen LogP contribution < -0.4 is 10.6 Å². The van der Waals surface area contributed by atoms with E-state index in [0.717, 1.165) is 24.9 Å². The highest BCUT2D eigenvalue weighted by Crippen LogP contribution is 2.19. The number of ether oxygens (including phenoxy) is 1. The van der Waals surface area contributed by atoms with Gasteiger partial charge in [-0.2, -0.15) is 0 Å². The Morgan fingerprint density at radius 2 is 2.30 bits per heavy atom. The van der Waals surface area contributed by atoms with Gasteiger partial charge in [-0.15, -0.1) is 0 Å². The van der Waals surface area contributed by atoms with Crippen molar-refractivity contribution in [3.8, 4) is 0 Å². The van der Waals surface area contributed by atoms with Crippen LogP contribution in [0.25, 0.3) is 0 Å². The molecule has 0 aromatic heterocycles. The molecule has 1 saturated heterocycles. The molecule has 2 N–H and O–H groups in total.